The molecule has 0 spiro atoms. The van der Waals surface area contributed by atoms with E-state index < -0.39 is 18.0 Å². The van der Waals surface area contributed by atoms with E-state index in [2.05, 4.69) is 4.98 Å². The fourth-order valence-electron chi connectivity index (χ4n) is 1.55. The van der Waals surface area contributed by atoms with Gasteiger partial charge in [-0.05, 0) is 12.1 Å². The zero-order chi connectivity index (χ0) is 10.1. The quantitative estimate of drug-likeness (QED) is 0.654. The molecule has 0 bridgehead atoms. The summed E-state index contributed by atoms with van der Waals surface area (Å²) in [4.78, 5) is 5.39. The second-order valence-electron chi connectivity index (χ2n) is 3.35. The Morgan fingerprint density at radius 2 is 2.00 bits per heavy atom. The predicted molar refractivity (Wildman–Crippen MR) is 48.4 cm³/mol. The summed E-state index contributed by atoms with van der Waals surface area (Å²) >= 11 is 0. The van der Waals surface area contributed by atoms with Crippen molar-refractivity contribution in [3.63, 3.8) is 0 Å². The molecular weight excluding hydrogens is 187 g/mol. The molecule has 1 aromatic rings. The lowest BCUT2D eigenvalue weighted by atomic mass is 10.3. The first-order valence-corrected chi connectivity index (χ1v) is 4.40. The molecule has 2 atom stereocenters. The van der Waals surface area contributed by atoms with Crippen LogP contribution in [0.1, 0.15) is 0 Å². The molecule has 1 aromatic heterocycles. The van der Waals surface area contributed by atoms with Crippen molar-refractivity contribution >= 4 is 5.82 Å². The Morgan fingerprint density at radius 3 is 2.57 bits per heavy atom. The van der Waals surface area contributed by atoms with Crippen LogP contribution in [-0.4, -0.2) is 40.5 Å². The highest BCUT2D eigenvalue weighted by atomic mass is 19.1. The Balaban J connectivity index is 2.21. The van der Waals surface area contributed by atoms with E-state index in [4.69, 9.17) is 0 Å². The van der Waals surface area contributed by atoms with Crippen LogP contribution in [0.15, 0.2) is 18.3 Å². The molecule has 0 radical (unpaired) electrons. The second kappa shape index (κ2) is 3.51. The summed E-state index contributed by atoms with van der Waals surface area (Å²) in [5, 5.41) is 18.6. The van der Waals surface area contributed by atoms with Crippen LogP contribution < -0.4 is 4.90 Å². The van der Waals surface area contributed by atoms with E-state index in [-0.39, 0.29) is 18.9 Å². The molecule has 2 rings (SSSR count). The van der Waals surface area contributed by atoms with Gasteiger partial charge in [0.1, 0.15) is 0 Å². The number of β-amino-alcohol motifs (C(OH)–C–C–N with tert-alkyl or cyclic N) is 2. The molecule has 2 heterocycles. The molecule has 5 heteroatoms. The number of aliphatic hydroxyl groups excluding tert-OH is 2. The van der Waals surface area contributed by atoms with Crippen LogP contribution in [-0.2, 0) is 0 Å². The predicted octanol–water partition coefficient (Wildman–Crippen LogP) is -0.237. The highest BCUT2D eigenvalue weighted by molar-refractivity contribution is 5.41. The normalized spacial score (nSPS) is 26.9. The summed E-state index contributed by atoms with van der Waals surface area (Å²) < 4.78 is 13.2. The molecule has 4 nitrogen and oxygen atoms in total. The molecule has 2 N–H and O–H groups in total. The zero-order valence-corrected chi connectivity index (χ0v) is 7.47. The van der Waals surface area contributed by atoms with Crippen molar-refractivity contribution in [2.24, 2.45) is 0 Å². The minimum atomic E-state index is -0.823. The number of hydrogen-bond acceptors (Lipinski definition) is 4. The summed E-state index contributed by atoms with van der Waals surface area (Å²) in [6.45, 7) is 0.435. The first-order chi connectivity index (χ1) is 6.68. The fourth-order valence-corrected chi connectivity index (χ4v) is 1.55. The number of nitrogens with zero attached hydrogens (tertiary/aromatic N) is 2. The average molecular weight is 198 g/mol. The van der Waals surface area contributed by atoms with E-state index in [0.717, 1.165) is 0 Å². The van der Waals surface area contributed by atoms with Crippen molar-refractivity contribution in [3.05, 3.63) is 24.1 Å². The number of aromatic nitrogens is 1. The van der Waals surface area contributed by atoms with Gasteiger partial charge in [-0.25, -0.2) is 9.37 Å². The number of rotatable bonds is 1. The number of aliphatic hydroxyl groups is 2. The summed E-state index contributed by atoms with van der Waals surface area (Å²) in [6.07, 6.45) is -0.164. The van der Waals surface area contributed by atoms with Crippen LogP contribution in [0.25, 0.3) is 0 Å². The third-order valence-corrected chi connectivity index (χ3v) is 2.30. The largest absolute Gasteiger partial charge is 0.389 e. The van der Waals surface area contributed by atoms with Gasteiger partial charge in [0.25, 0.3) is 0 Å². The Hall–Kier alpha value is -1.20. The number of anilines is 1. The summed E-state index contributed by atoms with van der Waals surface area (Å²) in [5.74, 6) is -0.253. The molecule has 1 fully saturated rings. The van der Waals surface area contributed by atoms with Gasteiger partial charge in [-0.15, -0.1) is 0 Å². The topological polar surface area (TPSA) is 56.6 Å². The molecule has 1 aliphatic heterocycles. The van der Waals surface area contributed by atoms with Gasteiger partial charge in [-0.1, -0.05) is 0 Å². The van der Waals surface area contributed by atoms with Crippen LogP contribution in [0.4, 0.5) is 10.2 Å². The molecule has 0 aliphatic carbocycles. The van der Waals surface area contributed by atoms with Crippen molar-refractivity contribution in [1.29, 1.82) is 0 Å². The van der Waals surface area contributed by atoms with Crippen LogP contribution in [0.5, 0.6) is 0 Å². The molecule has 1 saturated heterocycles. The van der Waals surface area contributed by atoms with Gasteiger partial charge in [0.15, 0.2) is 11.6 Å². The smallest absolute Gasteiger partial charge is 0.165 e. The lowest BCUT2D eigenvalue weighted by molar-refractivity contribution is 0.0572. The minimum absolute atomic E-state index is 0.183. The maximum atomic E-state index is 13.2. The van der Waals surface area contributed by atoms with Crippen molar-refractivity contribution in [3.8, 4) is 0 Å². The van der Waals surface area contributed by atoms with E-state index in [1.807, 2.05) is 0 Å². The Kier molecular flexibility index (Phi) is 2.35. The average Bonchev–Trinajstić information content (AvgIpc) is 2.48. The molecule has 76 valence electrons. The van der Waals surface area contributed by atoms with E-state index >= 15 is 0 Å². The summed E-state index contributed by atoms with van der Waals surface area (Å²) in [6, 6.07) is 2.81. The molecule has 0 saturated carbocycles. The lowest BCUT2D eigenvalue weighted by Crippen LogP contribution is -2.23. The van der Waals surface area contributed by atoms with Crippen molar-refractivity contribution in [1.82, 2.24) is 4.98 Å². The molecule has 0 aromatic carbocycles. The SMILES string of the molecule is OC1CN(c2ncccc2F)CC1O. The van der Waals surface area contributed by atoms with E-state index in [0.29, 0.717) is 0 Å². The Bertz CT molecular complexity index is 324. The Morgan fingerprint density at radius 1 is 1.36 bits per heavy atom. The van der Waals surface area contributed by atoms with Crippen LogP contribution in [0.3, 0.4) is 0 Å². The van der Waals surface area contributed by atoms with E-state index in [1.54, 1.807) is 0 Å². The third-order valence-electron chi connectivity index (χ3n) is 2.30. The Labute approximate surface area is 80.6 Å². The molecule has 2 unspecified atom stereocenters. The molecular formula is C9H11FN2O2. The zero-order valence-electron chi connectivity index (χ0n) is 7.47. The first-order valence-electron chi connectivity index (χ1n) is 4.40. The van der Waals surface area contributed by atoms with Crippen molar-refractivity contribution in [2.45, 2.75) is 12.2 Å². The minimum Gasteiger partial charge on any atom is -0.389 e. The summed E-state index contributed by atoms with van der Waals surface area (Å²) in [5.41, 5.74) is 0. The maximum absolute atomic E-state index is 13.2. The number of halogens is 1. The van der Waals surface area contributed by atoms with Gasteiger partial charge >= 0.3 is 0 Å². The standard InChI is InChI=1S/C9H11FN2O2/c10-6-2-1-3-11-9(6)12-4-7(13)8(14)5-12/h1-3,7-8,13-14H,4-5H2. The highest BCUT2D eigenvalue weighted by Crippen LogP contribution is 2.20. The van der Waals surface area contributed by atoms with Gasteiger partial charge in [0, 0.05) is 19.3 Å². The molecule has 1 aliphatic rings. The van der Waals surface area contributed by atoms with Crippen molar-refractivity contribution in [2.75, 3.05) is 18.0 Å². The maximum Gasteiger partial charge on any atom is 0.165 e. The van der Waals surface area contributed by atoms with Gasteiger partial charge < -0.3 is 15.1 Å². The van der Waals surface area contributed by atoms with Gasteiger partial charge in [-0.2, -0.15) is 0 Å². The van der Waals surface area contributed by atoms with E-state index in [9.17, 15) is 14.6 Å². The van der Waals surface area contributed by atoms with Crippen LogP contribution >= 0.6 is 0 Å². The fraction of sp³-hybridized carbons (Fsp3) is 0.444. The van der Waals surface area contributed by atoms with Crippen LogP contribution in [0, 0.1) is 5.82 Å². The molecule has 0 amide bonds. The van der Waals surface area contributed by atoms with Crippen molar-refractivity contribution < 1.29 is 14.6 Å². The lowest BCUT2D eigenvalue weighted by Gasteiger charge is -2.16. The molecule has 14 heavy (non-hydrogen) atoms. The number of pyridine rings is 1. The highest BCUT2D eigenvalue weighted by Gasteiger charge is 2.31. The number of hydrogen-bond donors (Lipinski definition) is 2. The summed E-state index contributed by atoms with van der Waals surface area (Å²) in [7, 11) is 0. The van der Waals surface area contributed by atoms with Crippen LogP contribution in [0.2, 0.25) is 0 Å². The van der Waals surface area contributed by atoms with Gasteiger partial charge in [0.2, 0.25) is 0 Å². The third kappa shape index (κ3) is 1.56. The van der Waals surface area contributed by atoms with E-state index in [1.165, 1.54) is 23.2 Å². The monoisotopic (exact) mass is 198 g/mol. The van der Waals surface area contributed by atoms with Gasteiger partial charge in [0.05, 0.1) is 12.2 Å². The second-order valence-corrected chi connectivity index (χ2v) is 3.35. The van der Waals surface area contributed by atoms with Gasteiger partial charge in [-0.3, -0.25) is 0 Å². The first kappa shape index (κ1) is 9.36.